The van der Waals surface area contributed by atoms with E-state index < -0.39 is 0 Å². The summed E-state index contributed by atoms with van der Waals surface area (Å²) in [4.78, 5) is 6.00. The van der Waals surface area contributed by atoms with E-state index in [0.29, 0.717) is 0 Å². The van der Waals surface area contributed by atoms with Crippen LogP contribution in [0.1, 0.15) is 11.8 Å². The van der Waals surface area contributed by atoms with Gasteiger partial charge in [-0.05, 0) is 18.7 Å². The van der Waals surface area contributed by atoms with Gasteiger partial charge < -0.3 is 9.73 Å². The molecule has 0 unspecified atom stereocenters. The van der Waals surface area contributed by atoms with Crippen LogP contribution >= 0.6 is 11.3 Å². The van der Waals surface area contributed by atoms with Crippen LogP contribution in [0.15, 0.2) is 53.1 Å². The molecule has 0 aliphatic heterocycles. The second-order valence-corrected chi connectivity index (χ2v) is 5.50. The maximum Gasteiger partial charge on any atom is 0.162 e. The van der Waals surface area contributed by atoms with Crippen molar-refractivity contribution in [2.24, 2.45) is 0 Å². The van der Waals surface area contributed by atoms with E-state index in [-0.39, 0.29) is 0 Å². The van der Waals surface area contributed by atoms with Crippen molar-refractivity contribution in [2.75, 3.05) is 6.54 Å². The number of aromatic nitrogens is 1. The van der Waals surface area contributed by atoms with E-state index in [1.54, 1.807) is 17.6 Å². The number of rotatable bonds is 5. The molecule has 0 aliphatic rings. The van der Waals surface area contributed by atoms with Crippen molar-refractivity contribution in [2.45, 2.75) is 13.5 Å². The maximum atomic E-state index is 5.46. The van der Waals surface area contributed by atoms with Gasteiger partial charge in [-0.25, -0.2) is 4.98 Å². The highest BCUT2D eigenvalue weighted by molar-refractivity contribution is 7.15. The number of thiazole rings is 1. The van der Waals surface area contributed by atoms with Crippen molar-refractivity contribution in [1.29, 1.82) is 0 Å². The van der Waals surface area contributed by atoms with E-state index in [9.17, 15) is 0 Å². The molecule has 4 heteroatoms. The molecule has 1 N–H and O–H groups in total. The van der Waals surface area contributed by atoms with Gasteiger partial charge in [0.1, 0.15) is 0 Å². The number of furan rings is 1. The highest BCUT2D eigenvalue weighted by atomic mass is 32.1. The molecule has 2 heterocycles. The Morgan fingerprint density at radius 3 is 2.70 bits per heavy atom. The lowest BCUT2D eigenvalue weighted by Gasteiger charge is -2.02. The third-order valence-electron chi connectivity index (χ3n) is 3.01. The van der Waals surface area contributed by atoms with Crippen molar-refractivity contribution in [1.82, 2.24) is 10.3 Å². The second kappa shape index (κ2) is 6.03. The summed E-state index contributed by atoms with van der Waals surface area (Å²) < 4.78 is 5.46. The molecule has 0 bridgehead atoms. The van der Waals surface area contributed by atoms with Crippen LogP contribution in [0.2, 0.25) is 0 Å². The van der Waals surface area contributed by atoms with Gasteiger partial charge in [-0.3, -0.25) is 0 Å². The Morgan fingerprint density at radius 1 is 1.15 bits per heavy atom. The molecule has 0 atom stereocenters. The fraction of sp³-hybridized carbons (Fsp3) is 0.188. The number of hydrogen-bond donors (Lipinski definition) is 1. The molecule has 0 spiro atoms. The second-order valence-electron chi connectivity index (χ2n) is 4.41. The molecule has 3 aromatic rings. The highest BCUT2D eigenvalue weighted by Gasteiger charge is 2.15. The average molecular weight is 284 g/mol. The lowest BCUT2D eigenvalue weighted by atomic mass is 10.1. The molecule has 1 aromatic carbocycles. The molecule has 102 valence electrons. The van der Waals surface area contributed by atoms with Crippen molar-refractivity contribution in [3.63, 3.8) is 0 Å². The first-order chi connectivity index (χ1) is 9.88. The van der Waals surface area contributed by atoms with Gasteiger partial charge in [0.25, 0.3) is 0 Å². The number of nitrogens with one attached hydrogen (secondary N) is 1. The SMILES string of the molecule is CCNCc1sc(-c2ccco2)nc1-c1ccccc1. The van der Waals surface area contributed by atoms with Gasteiger partial charge in [0.2, 0.25) is 0 Å². The van der Waals surface area contributed by atoms with Gasteiger partial charge in [0.15, 0.2) is 10.8 Å². The van der Waals surface area contributed by atoms with Gasteiger partial charge in [0, 0.05) is 17.0 Å². The molecule has 0 aliphatic carbocycles. The zero-order chi connectivity index (χ0) is 13.8. The van der Waals surface area contributed by atoms with Crippen LogP contribution in [-0.2, 0) is 6.54 Å². The van der Waals surface area contributed by atoms with Crippen LogP contribution in [0.4, 0.5) is 0 Å². The summed E-state index contributed by atoms with van der Waals surface area (Å²) in [5, 5.41) is 4.31. The zero-order valence-corrected chi connectivity index (χ0v) is 12.1. The van der Waals surface area contributed by atoms with Gasteiger partial charge >= 0.3 is 0 Å². The Balaban J connectivity index is 2.02. The molecular weight excluding hydrogens is 268 g/mol. The molecule has 3 rings (SSSR count). The zero-order valence-electron chi connectivity index (χ0n) is 11.3. The number of nitrogens with zero attached hydrogens (tertiary/aromatic N) is 1. The van der Waals surface area contributed by atoms with E-state index in [1.807, 2.05) is 30.3 Å². The van der Waals surface area contributed by atoms with Crippen LogP contribution in [0.5, 0.6) is 0 Å². The smallest absolute Gasteiger partial charge is 0.162 e. The number of benzene rings is 1. The summed E-state index contributed by atoms with van der Waals surface area (Å²) in [6.07, 6.45) is 1.68. The normalized spacial score (nSPS) is 10.8. The minimum absolute atomic E-state index is 0.829. The Labute approximate surface area is 122 Å². The first-order valence-corrected chi connectivity index (χ1v) is 7.50. The van der Waals surface area contributed by atoms with Crippen molar-refractivity contribution in [3.8, 4) is 22.0 Å². The molecular formula is C16H16N2OS. The summed E-state index contributed by atoms with van der Waals surface area (Å²) in [5.41, 5.74) is 2.19. The van der Waals surface area contributed by atoms with E-state index in [2.05, 4.69) is 24.4 Å². The molecule has 0 saturated carbocycles. The standard InChI is InChI=1S/C16H16N2OS/c1-2-17-11-14-15(12-7-4-3-5-8-12)18-16(20-14)13-9-6-10-19-13/h3-10,17H,2,11H2,1H3. The molecule has 0 saturated heterocycles. The first-order valence-electron chi connectivity index (χ1n) is 6.68. The van der Waals surface area contributed by atoms with Gasteiger partial charge in [0.05, 0.1) is 12.0 Å². The van der Waals surface area contributed by atoms with Gasteiger partial charge in [-0.15, -0.1) is 11.3 Å². The molecule has 0 fully saturated rings. The van der Waals surface area contributed by atoms with Gasteiger partial charge in [-0.2, -0.15) is 0 Å². The molecule has 3 nitrogen and oxygen atoms in total. The molecule has 0 amide bonds. The Bertz CT molecular complexity index is 659. The van der Waals surface area contributed by atoms with Crippen LogP contribution in [0.25, 0.3) is 22.0 Å². The third kappa shape index (κ3) is 2.66. The fourth-order valence-corrected chi connectivity index (χ4v) is 3.06. The van der Waals surface area contributed by atoms with Crippen molar-refractivity contribution >= 4 is 11.3 Å². The van der Waals surface area contributed by atoms with Gasteiger partial charge in [-0.1, -0.05) is 37.3 Å². The molecule has 2 aromatic heterocycles. The predicted octanol–water partition coefficient (Wildman–Crippen LogP) is 4.18. The monoisotopic (exact) mass is 284 g/mol. The highest BCUT2D eigenvalue weighted by Crippen LogP contribution is 2.33. The Kier molecular flexibility index (Phi) is 3.95. The first kappa shape index (κ1) is 13.1. The minimum Gasteiger partial charge on any atom is -0.462 e. The average Bonchev–Trinajstić information content (AvgIpc) is 3.15. The van der Waals surface area contributed by atoms with E-state index in [1.165, 1.54) is 4.88 Å². The Hall–Kier alpha value is -1.91. The lowest BCUT2D eigenvalue weighted by Crippen LogP contribution is -2.11. The Morgan fingerprint density at radius 2 is 2.00 bits per heavy atom. The van der Waals surface area contributed by atoms with Crippen LogP contribution in [0, 0.1) is 0 Å². The fourth-order valence-electron chi connectivity index (χ4n) is 2.04. The minimum atomic E-state index is 0.829. The van der Waals surface area contributed by atoms with Crippen molar-refractivity contribution < 1.29 is 4.42 Å². The molecule has 0 radical (unpaired) electrons. The van der Waals surface area contributed by atoms with Crippen LogP contribution in [0.3, 0.4) is 0 Å². The summed E-state index contributed by atoms with van der Waals surface area (Å²) >= 11 is 1.68. The van der Waals surface area contributed by atoms with Crippen LogP contribution < -0.4 is 5.32 Å². The summed E-state index contributed by atoms with van der Waals surface area (Å²) in [6, 6.07) is 14.1. The summed E-state index contributed by atoms with van der Waals surface area (Å²) in [7, 11) is 0. The van der Waals surface area contributed by atoms with E-state index in [0.717, 1.165) is 35.1 Å². The molecule has 20 heavy (non-hydrogen) atoms. The summed E-state index contributed by atoms with van der Waals surface area (Å²) in [6.45, 7) is 3.89. The van der Waals surface area contributed by atoms with Crippen molar-refractivity contribution in [3.05, 3.63) is 53.6 Å². The van der Waals surface area contributed by atoms with Crippen LogP contribution in [-0.4, -0.2) is 11.5 Å². The largest absolute Gasteiger partial charge is 0.462 e. The quantitative estimate of drug-likeness (QED) is 0.763. The lowest BCUT2D eigenvalue weighted by molar-refractivity contribution is 0.582. The summed E-state index contributed by atoms with van der Waals surface area (Å²) in [5.74, 6) is 0.829. The maximum absolute atomic E-state index is 5.46. The van der Waals surface area contributed by atoms with E-state index in [4.69, 9.17) is 9.40 Å². The van der Waals surface area contributed by atoms with E-state index >= 15 is 0 Å². The third-order valence-corrected chi connectivity index (χ3v) is 4.08. The number of hydrogen-bond acceptors (Lipinski definition) is 4. The topological polar surface area (TPSA) is 38.1 Å². The predicted molar refractivity (Wildman–Crippen MR) is 82.6 cm³/mol.